The highest BCUT2D eigenvalue weighted by Crippen LogP contribution is 2.30. The van der Waals surface area contributed by atoms with Crippen LogP contribution >= 0.6 is 11.6 Å². The quantitative estimate of drug-likeness (QED) is 0.336. The third-order valence-corrected chi connectivity index (χ3v) is 4.85. The van der Waals surface area contributed by atoms with E-state index in [2.05, 4.69) is 14.7 Å². The lowest BCUT2D eigenvalue weighted by atomic mass is 10.2. The van der Waals surface area contributed by atoms with Crippen LogP contribution in [-0.4, -0.2) is 25.9 Å². The number of benzene rings is 3. The van der Waals surface area contributed by atoms with Crippen LogP contribution in [0.5, 0.6) is 5.75 Å². The van der Waals surface area contributed by atoms with Crippen LogP contribution in [0.1, 0.15) is 0 Å². The predicted octanol–water partition coefficient (Wildman–Crippen LogP) is 6.19. The molecule has 0 atom stereocenters. The van der Waals surface area contributed by atoms with Crippen molar-refractivity contribution < 1.29 is 17.9 Å². The fourth-order valence-electron chi connectivity index (χ4n) is 3.29. The van der Waals surface area contributed by atoms with E-state index in [-0.39, 0.29) is 5.75 Å². The lowest BCUT2D eigenvalue weighted by Gasteiger charge is -2.12. The smallest absolute Gasteiger partial charge is 0.406 e. The molecule has 5 aromatic rings. The molecular weight excluding hydrogens is 429 g/mol. The maximum Gasteiger partial charge on any atom is 0.573 e. The number of imidazole rings is 1. The van der Waals surface area contributed by atoms with Gasteiger partial charge in [0.15, 0.2) is 11.3 Å². The summed E-state index contributed by atoms with van der Waals surface area (Å²) in [6.07, 6.45) is -4.76. The van der Waals surface area contributed by atoms with E-state index in [1.807, 2.05) is 24.3 Å². The van der Waals surface area contributed by atoms with E-state index < -0.39 is 6.36 Å². The van der Waals surface area contributed by atoms with Crippen LogP contribution in [0.3, 0.4) is 0 Å². The maximum absolute atomic E-state index is 12.5. The zero-order valence-electron chi connectivity index (χ0n) is 15.6. The molecular formula is C22H12ClF3N4O. The number of hydrogen-bond acceptors (Lipinski definition) is 4. The number of para-hydroxylation sites is 2. The fraction of sp³-hybridized carbons (Fsp3) is 0.0455. The van der Waals surface area contributed by atoms with Gasteiger partial charge in [0.25, 0.3) is 0 Å². The Balaban J connectivity index is 1.73. The largest absolute Gasteiger partial charge is 0.573 e. The zero-order chi connectivity index (χ0) is 21.6. The van der Waals surface area contributed by atoms with Crippen LogP contribution in [0.25, 0.3) is 39.4 Å². The van der Waals surface area contributed by atoms with Crippen molar-refractivity contribution in [3.05, 3.63) is 77.8 Å². The van der Waals surface area contributed by atoms with Gasteiger partial charge in [0, 0.05) is 16.3 Å². The van der Waals surface area contributed by atoms with Crippen molar-refractivity contribution in [3.8, 4) is 22.8 Å². The van der Waals surface area contributed by atoms with E-state index in [9.17, 15) is 13.2 Å². The van der Waals surface area contributed by atoms with Crippen molar-refractivity contribution in [2.75, 3.05) is 0 Å². The first-order valence-corrected chi connectivity index (χ1v) is 9.52. The SMILES string of the molecule is FC(F)(F)Oc1ccc(-n2c(-c3ccc(Cl)cc3)nc3nc4ccccc4nc32)cc1. The molecule has 0 bridgehead atoms. The van der Waals surface area contributed by atoms with Gasteiger partial charge in [-0.15, -0.1) is 13.2 Å². The topological polar surface area (TPSA) is 52.8 Å². The van der Waals surface area contributed by atoms with Crippen molar-refractivity contribution in [3.63, 3.8) is 0 Å². The number of fused-ring (bicyclic) bond motifs is 2. The summed E-state index contributed by atoms with van der Waals surface area (Å²) >= 11 is 6.02. The Bertz CT molecular complexity index is 1400. The van der Waals surface area contributed by atoms with Crippen molar-refractivity contribution in [2.24, 2.45) is 0 Å². The van der Waals surface area contributed by atoms with Gasteiger partial charge in [-0.2, -0.15) is 0 Å². The molecule has 154 valence electrons. The molecule has 0 fully saturated rings. The Morgan fingerprint density at radius 3 is 2.06 bits per heavy atom. The highest BCUT2D eigenvalue weighted by molar-refractivity contribution is 6.30. The number of ether oxygens (including phenoxy) is 1. The molecule has 3 aromatic carbocycles. The summed E-state index contributed by atoms with van der Waals surface area (Å²) in [6, 6.07) is 20.0. The van der Waals surface area contributed by atoms with Crippen LogP contribution in [0.15, 0.2) is 72.8 Å². The molecule has 0 unspecified atom stereocenters. The summed E-state index contributed by atoms with van der Waals surface area (Å²) in [5.41, 5.74) is 3.58. The molecule has 9 heteroatoms. The molecule has 0 aliphatic carbocycles. The van der Waals surface area contributed by atoms with E-state index >= 15 is 0 Å². The Labute approximate surface area is 178 Å². The number of halogens is 4. The molecule has 0 saturated heterocycles. The van der Waals surface area contributed by atoms with Gasteiger partial charge in [0.2, 0.25) is 0 Å². The number of rotatable bonds is 3. The molecule has 0 aliphatic heterocycles. The number of hydrogen-bond donors (Lipinski definition) is 0. The Kier molecular flexibility index (Phi) is 4.51. The third kappa shape index (κ3) is 3.77. The summed E-state index contributed by atoms with van der Waals surface area (Å²) in [4.78, 5) is 14.0. The van der Waals surface area contributed by atoms with Crippen LogP contribution in [0.2, 0.25) is 5.02 Å². The molecule has 5 rings (SSSR count). The average molecular weight is 441 g/mol. The second-order valence-electron chi connectivity index (χ2n) is 6.68. The first-order valence-electron chi connectivity index (χ1n) is 9.15. The van der Waals surface area contributed by atoms with Gasteiger partial charge in [0.1, 0.15) is 11.6 Å². The highest BCUT2D eigenvalue weighted by atomic mass is 35.5. The van der Waals surface area contributed by atoms with E-state index in [0.29, 0.717) is 38.9 Å². The Morgan fingerprint density at radius 1 is 0.774 bits per heavy atom. The predicted molar refractivity (Wildman–Crippen MR) is 111 cm³/mol. The lowest BCUT2D eigenvalue weighted by molar-refractivity contribution is -0.274. The monoisotopic (exact) mass is 440 g/mol. The van der Waals surface area contributed by atoms with Gasteiger partial charge < -0.3 is 4.74 Å². The fourth-order valence-corrected chi connectivity index (χ4v) is 3.42. The molecule has 0 N–H and O–H groups in total. The minimum Gasteiger partial charge on any atom is -0.406 e. The summed E-state index contributed by atoms with van der Waals surface area (Å²) in [5, 5.41) is 0.571. The molecule has 0 aliphatic rings. The normalized spacial score (nSPS) is 11.9. The zero-order valence-corrected chi connectivity index (χ0v) is 16.4. The van der Waals surface area contributed by atoms with E-state index in [4.69, 9.17) is 16.6 Å². The Morgan fingerprint density at radius 2 is 1.42 bits per heavy atom. The minimum absolute atomic E-state index is 0.315. The second-order valence-corrected chi connectivity index (χ2v) is 7.12. The van der Waals surface area contributed by atoms with E-state index in [1.165, 1.54) is 24.3 Å². The van der Waals surface area contributed by atoms with Crippen molar-refractivity contribution in [1.82, 2.24) is 19.5 Å². The van der Waals surface area contributed by atoms with Gasteiger partial charge in [-0.1, -0.05) is 23.7 Å². The van der Waals surface area contributed by atoms with E-state index in [0.717, 1.165) is 5.56 Å². The van der Waals surface area contributed by atoms with Gasteiger partial charge in [-0.05, 0) is 60.7 Å². The molecule has 2 heterocycles. The highest BCUT2D eigenvalue weighted by Gasteiger charge is 2.31. The molecule has 5 nitrogen and oxygen atoms in total. The number of nitrogens with zero attached hydrogens (tertiary/aromatic N) is 4. The van der Waals surface area contributed by atoms with Gasteiger partial charge in [-0.25, -0.2) is 15.0 Å². The number of aromatic nitrogens is 4. The van der Waals surface area contributed by atoms with Crippen molar-refractivity contribution >= 4 is 33.9 Å². The summed E-state index contributed by atoms with van der Waals surface area (Å²) in [7, 11) is 0. The average Bonchev–Trinajstić information content (AvgIpc) is 3.10. The van der Waals surface area contributed by atoms with E-state index in [1.54, 1.807) is 28.8 Å². The molecule has 0 saturated carbocycles. The van der Waals surface area contributed by atoms with Crippen LogP contribution in [-0.2, 0) is 0 Å². The third-order valence-electron chi connectivity index (χ3n) is 4.60. The standard InChI is InChI=1S/C22H12ClF3N4O/c23-14-7-5-13(6-8-14)20-29-19-21(28-18-4-2-1-3-17(18)27-19)30(20)15-9-11-16(12-10-15)31-22(24,25)26/h1-12H. The van der Waals surface area contributed by atoms with Crippen LogP contribution in [0, 0.1) is 0 Å². The summed E-state index contributed by atoms with van der Waals surface area (Å²) in [5.74, 6) is 0.219. The van der Waals surface area contributed by atoms with Crippen molar-refractivity contribution in [2.45, 2.75) is 6.36 Å². The molecule has 0 radical (unpaired) electrons. The summed E-state index contributed by atoms with van der Waals surface area (Å²) < 4.78 is 43.3. The lowest BCUT2D eigenvalue weighted by Crippen LogP contribution is -2.17. The molecule has 31 heavy (non-hydrogen) atoms. The molecule has 0 amide bonds. The molecule has 2 aromatic heterocycles. The molecule has 0 spiro atoms. The van der Waals surface area contributed by atoms with Gasteiger partial charge >= 0.3 is 6.36 Å². The second kappa shape index (κ2) is 7.24. The van der Waals surface area contributed by atoms with Crippen LogP contribution in [0.4, 0.5) is 13.2 Å². The van der Waals surface area contributed by atoms with Gasteiger partial charge in [0.05, 0.1) is 11.0 Å². The Hall–Kier alpha value is -3.65. The van der Waals surface area contributed by atoms with Gasteiger partial charge in [-0.3, -0.25) is 4.57 Å². The maximum atomic E-state index is 12.5. The summed E-state index contributed by atoms with van der Waals surface area (Å²) in [6.45, 7) is 0. The number of alkyl halides is 3. The first-order chi connectivity index (χ1) is 14.9. The first kappa shape index (κ1) is 19.3. The minimum atomic E-state index is -4.76. The van der Waals surface area contributed by atoms with Crippen LogP contribution < -0.4 is 4.74 Å². The van der Waals surface area contributed by atoms with Crippen molar-refractivity contribution in [1.29, 1.82) is 0 Å².